The highest BCUT2D eigenvalue weighted by Gasteiger charge is 2.36. The lowest BCUT2D eigenvalue weighted by atomic mass is 10.1. The van der Waals surface area contributed by atoms with Crippen LogP contribution in [0.2, 0.25) is 0 Å². The predicted octanol–water partition coefficient (Wildman–Crippen LogP) is 3.23. The summed E-state index contributed by atoms with van der Waals surface area (Å²) in [7, 11) is 0. The van der Waals surface area contributed by atoms with Crippen LogP contribution >= 0.6 is 15.9 Å². The van der Waals surface area contributed by atoms with E-state index in [-0.39, 0.29) is 17.6 Å². The van der Waals surface area contributed by atoms with Gasteiger partial charge in [0.15, 0.2) is 0 Å². The SMILES string of the molecule is CC1CN(C(=O)c2cc(Br)cn2C2CC2)CC(C)(C)O1. The zero-order valence-electron chi connectivity index (χ0n) is 12.2. The summed E-state index contributed by atoms with van der Waals surface area (Å²) in [5.74, 6) is 0.117. The summed E-state index contributed by atoms with van der Waals surface area (Å²) in [6, 6.07) is 2.44. The second-order valence-electron chi connectivity index (χ2n) is 6.56. The second kappa shape index (κ2) is 4.88. The molecule has 5 heteroatoms. The lowest BCUT2D eigenvalue weighted by Gasteiger charge is -2.41. The normalized spacial score (nSPS) is 25.8. The van der Waals surface area contributed by atoms with Gasteiger partial charge in [0.25, 0.3) is 5.91 Å². The summed E-state index contributed by atoms with van der Waals surface area (Å²) < 4.78 is 8.98. The van der Waals surface area contributed by atoms with Crippen molar-refractivity contribution in [2.75, 3.05) is 13.1 Å². The van der Waals surface area contributed by atoms with Crippen molar-refractivity contribution in [2.45, 2.75) is 51.4 Å². The summed E-state index contributed by atoms with van der Waals surface area (Å²) >= 11 is 3.49. The summed E-state index contributed by atoms with van der Waals surface area (Å²) in [4.78, 5) is 14.8. The Kier molecular flexibility index (Phi) is 3.45. The molecule has 1 aromatic heterocycles. The average Bonchev–Trinajstić information content (AvgIpc) is 3.09. The van der Waals surface area contributed by atoms with Gasteiger partial charge < -0.3 is 14.2 Å². The van der Waals surface area contributed by atoms with Crippen molar-refractivity contribution in [1.29, 1.82) is 0 Å². The van der Waals surface area contributed by atoms with Crippen LogP contribution in [0.3, 0.4) is 0 Å². The highest BCUT2D eigenvalue weighted by Crippen LogP contribution is 2.38. The van der Waals surface area contributed by atoms with Crippen molar-refractivity contribution in [3.05, 3.63) is 22.4 Å². The zero-order chi connectivity index (χ0) is 14.5. The van der Waals surface area contributed by atoms with Gasteiger partial charge in [0.2, 0.25) is 0 Å². The molecule has 3 rings (SSSR count). The topological polar surface area (TPSA) is 34.5 Å². The zero-order valence-corrected chi connectivity index (χ0v) is 13.8. The van der Waals surface area contributed by atoms with Gasteiger partial charge >= 0.3 is 0 Å². The van der Waals surface area contributed by atoms with Crippen molar-refractivity contribution in [2.24, 2.45) is 0 Å². The highest BCUT2D eigenvalue weighted by molar-refractivity contribution is 9.10. The van der Waals surface area contributed by atoms with E-state index in [1.54, 1.807) is 0 Å². The van der Waals surface area contributed by atoms with Gasteiger partial charge in [-0.1, -0.05) is 0 Å². The van der Waals surface area contributed by atoms with Crippen molar-refractivity contribution in [3.8, 4) is 0 Å². The molecule has 0 aromatic carbocycles. The molecule has 0 radical (unpaired) electrons. The molecule has 1 saturated carbocycles. The Morgan fingerprint density at radius 1 is 1.45 bits per heavy atom. The van der Waals surface area contributed by atoms with E-state index < -0.39 is 0 Å². The molecule has 0 bridgehead atoms. The maximum absolute atomic E-state index is 12.8. The lowest BCUT2D eigenvalue weighted by Crippen LogP contribution is -2.54. The van der Waals surface area contributed by atoms with Gasteiger partial charge in [0.05, 0.1) is 11.7 Å². The van der Waals surface area contributed by atoms with Crippen molar-refractivity contribution < 1.29 is 9.53 Å². The molecule has 110 valence electrons. The molecule has 2 aliphatic rings. The van der Waals surface area contributed by atoms with E-state index in [0.717, 1.165) is 10.2 Å². The number of ether oxygens (including phenoxy) is 1. The highest BCUT2D eigenvalue weighted by atomic mass is 79.9. The lowest BCUT2D eigenvalue weighted by molar-refractivity contribution is -0.119. The predicted molar refractivity (Wildman–Crippen MR) is 80.9 cm³/mol. The molecule has 1 amide bonds. The van der Waals surface area contributed by atoms with Crippen LogP contribution in [0.15, 0.2) is 16.7 Å². The minimum atomic E-state index is -0.276. The fraction of sp³-hybridized carbons (Fsp3) is 0.667. The maximum Gasteiger partial charge on any atom is 0.270 e. The minimum Gasteiger partial charge on any atom is -0.369 e. The molecule has 2 heterocycles. The van der Waals surface area contributed by atoms with Gasteiger partial charge in [-0.2, -0.15) is 0 Å². The van der Waals surface area contributed by atoms with Crippen LogP contribution < -0.4 is 0 Å². The summed E-state index contributed by atoms with van der Waals surface area (Å²) in [6.07, 6.45) is 4.45. The number of hydrogen-bond donors (Lipinski definition) is 0. The van der Waals surface area contributed by atoms with Crippen LogP contribution in [0, 0.1) is 0 Å². The standard InChI is InChI=1S/C15H21BrN2O2/c1-10-7-17(9-15(2,3)20-10)14(19)13-6-11(16)8-18(13)12-4-5-12/h6,8,10,12H,4-5,7,9H2,1-3H3. The molecule has 4 nitrogen and oxygen atoms in total. The molecule has 20 heavy (non-hydrogen) atoms. The monoisotopic (exact) mass is 340 g/mol. The number of carbonyl (C=O) groups is 1. The fourth-order valence-corrected chi connectivity index (χ4v) is 3.48. The van der Waals surface area contributed by atoms with Crippen molar-refractivity contribution in [3.63, 3.8) is 0 Å². The molecule has 1 saturated heterocycles. The van der Waals surface area contributed by atoms with E-state index in [1.165, 1.54) is 12.8 Å². The third-order valence-electron chi connectivity index (χ3n) is 3.83. The van der Waals surface area contributed by atoms with Gasteiger partial charge in [0, 0.05) is 29.8 Å². The molecule has 1 aromatic rings. The molecular weight excluding hydrogens is 320 g/mol. The van der Waals surface area contributed by atoms with Crippen LogP contribution in [0.1, 0.15) is 50.1 Å². The summed E-state index contributed by atoms with van der Waals surface area (Å²) in [5.41, 5.74) is 0.519. The maximum atomic E-state index is 12.8. The number of aromatic nitrogens is 1. The molecule has 0 spiro atoms. The number of hydrogen-bond acceptors (Lipinski definition) is 2. The molecule has 1 aliphatic heterocycles. The molecule has 1 unspecified atom stereocenters. The van der Waals surface area contributed by atoms with Gasteiger partial charge in [-0.15, -0.1) is 0 Å². The van der Waals surface area contributed by atoms with Crippen molar-refractivity contribution >= 4 is 21.8 Å². The Hall–Kier alpha value is -0.810. The van der Waals surface area contributed by atoms with Gasteiger partial charge in [0.1, 0.15) is 5.69 Å². The fourth-order valence-electron chi connectivity index (χ4n) is 3.04. The van der Waals surface area contributed by atoms with E-state index in [9.17, 15) is 4.79 Å². The van der Waals surface area contributed by atoms with Gasteiger partial charge in [-0.05, 0) is 55.6 Å². The first kappa shape index (κ1) is 14.1. The summed E-state index contributed by atoms with van der Waals surface area (Å²) in [5, 5.41) is 0. The molecular formula is C15H21BrN2O2. The van der Waals surface area contributed by atoms with Crippen LogP contribution in [0.5, 0.6) is 0 Å². The van der Waals surface area contributed by atoms with Crippen LogP contribution in [-0.4, -0.2) is 40.2 Å². The first-order valence-electron chi connectivity index (χ1n) is 7.20. The van der Waals surface area contributed by atoms with Crippen LogP contribution in [-0.2, 0) is 4.74 Å². The number of nitrogens with zero attached hydrogens (tertiary/aromatic N) is 2. The largest absolute Gasteiger partial charge is 0.369 e. The Balaban J connectivity index is 1.85. The molecule has 1 atom stereocenters. The first-order valence-corrected chi connectivity index (χ1v) is 7.99. The summed E-state index contributed by atoms with van der Waals surface area (Å²) in [6.45, 7) is 7.41. The third kappa shape index (κ3) is 2.79. The van der Waals surface area contributed by atoms with Crippen LogP contribution in [0.4, 0.5) is 0 Å². The number of rotatable bonds is 2. The average molecular weight is 341 g/mol. The minimum absolute atomic E-state index is 0.0791. The molecule has 2 fully saturated rings. The Morgan fingerprint density at radius 3 is 2.75 bits per heavy atom. The van der Waals surface area contributed by atoms with E-state index in [1.807, 2.05) is 37.9 Å². The Bertz CT molecular complexity index is 534. The Morgan fingerprint density at radius 2 is 2.15 bits per heavy atom. The number of carbonyl (C=O) groups excluding carboxylic acids is 1. The third-order valence-corrected chi connectivity index (χ3v) is 4.26. The molecule has 0 N–H and O–H groups in total. The number of morpholine rings is 1. The van der Waals surface area contributed by atoms with Gasteiger partial charge in [-0.25, -0.2) is 0 Å². The Labute approximate surface area is 128 Å². The number of halogens is 1. The van der Waals surface area contributed by atoms with Crippen molar-refractivity contribution in [1.82, 2.24) is 9.47 Å². The van der Waals surface area contributed by atoms with E-state index in [4.69, 9.17) is 4.74 Å². The second-order valence-corrected chi connectivity index (χ2v) is 7.47. The van der Waals surface area contributed by atoms with Crippen LogP contribution in [0.25, 0.3) is 0 Å². The number of amides is 1. The quantitative estimate of drug-likeness (QED) is 0.828. The van der Waals surface area contributed by atoms with E-state index in [2.05, 4.69) is 20.5 Å². The smallest absolute Gasteiger partial charge is 0.270 e. The first-order chi connectivity index (χ1) is 9.35. The van der Waals surface area contributed by atoms with E-state index in [0.29, 0.717) is 19.1 Å². The van der Waals surface area contributed by atoms with Gasteiger partial charge in [-0.3, -0.25) is 4.79 Å². The van der Waals surface area contributed by atoms with E-state index >= 15 is 0 Å². The molecule has 1 aliphatic carbocycles.